The molecule has 1 fully saturated rings. The van der Waals surface area contributed by atoms with Gasteiger partial charge >= 0.3 is 0 Å². The second-order valence-electron chi connectivity index (χ2n) is 4.28. The number of nitrogen functional groups attached to an aromatic ring is 1. The molecule has 0 spiro atoms. The molecule has 1 aliphatic heterocycles. The minimum atomic E-state index is 0.289. The highest BCUT2D eigenvalue weighted by Gasteiger charge is 2.22. The molecule has 1 aliphatic rings. The van der Waals surface area contributed by atoms with Crippen molar-refractivity contribution in [2.24, 2.45) is 0 Å². The second kappa shape index (κ2) is 5.03. The average molecular weight is 266 g/mol. The molecular weight excluding hydrogens is 252 g/mol. The van der Waals surface area contributed by atoms with E-state index in [1.807, 2.05) is 5.38 Å². The Morgan fingerprint density at radius 1 is 1.39 bits per heavy atom. The third-order valence-electron chi connectivity index (χ3n) is 2.94. The molecule has 18 heavy (non-hydrogen) atoms. The smallest absolute Gasteiger partial charge is 0.227 e. The van der Waals surface area contributed by atoms with Gasteiger partial charge in [-0.15, -0.1) is 11.3 Å². The fourth-order valence-electron chi connectivity index (χ4n) is 1.95. The highest BCUT2D eigenvalue weighted by atomic mass is 32.1. The largest absolute Gasteiger partial charge is 0.381 e. The molecule has 2 aromatic heterocycles. The predicted molar refractivity (Wildman–Crippen MR) is 66.4 cm³/mol. The lowest BCUT2D eigenvalue weighted by molar-refractivity contribution is 0.192. The number of hydrogen-bond donors (Lipinski definition) is 1. The first-order valence-electron chi connectivity index (χ1n) is 5.91. The molecule has 1 atom stereocenters. The first kappa shape index (κ1) is 11.6. The van der Waals surface area contributed by atoms with Crippen LogP contribution in [0.5, 0.6) is 0 Å². The van der Waals surface area contributed by atoms with Gasteiger partial charge in [0.25, 0.3) is 0 Å². The Labute approximate surface area is 108 Å². The van der Waals surface area contributed by atoms with Crippen molar-refractivity contribution in [3.63, 3.8) is 0 Å². The van der Waals surface area contributed by atoms with E-state index in [2.05, 4.69) is 15.1 Å². The zero-order valence-electron chi connectivity index (χ0n) is 9.83. The number of nitrogens with two attached hydrogens (primary N) is 1. The topological polar surface area (TPSA) is 87.1 Å². The Morgan fingerprint density at radius 2 is 2.33 bits per heavy atom. The van der Waals surface area contributed by atoms with Gasteiger partial charge in [0.15, 0.2) is 11.0 Å². The minimum Gasteiger partial charge on any atom is -0.381 e. The summed E-state index contributed by atoms with van der Waals surface area (Å²) in [5.74, 6) is 1.71. The molecule has 6 nitrogen and oxygen atoms in total. The van der Waals surface area contributed by atoms with Crippen LogP contribution in [-0.2, 0) is 17.6 Å². The highest BCUT2D eigenvalue weighted by Crippen LogP contribution is 2.22. The Kier molecular flexibility index (Phi) is 3.24. The number of aryl methyl sites for hydroxylation is 2. The summed E-state index contributed by atoms with van der Waals surface area (Å²) < 4.78 is 10.5. The molecule has 0 unspecified atom stereocenters. The van der Waals surface area contributed by atoms with Crippen LogP contribution in [0.3, 0.4) is 0 Å². The SMILES string of the molecule is Nc1nc(CCc2nc([C@@H]3CCOC3)no2)cs1. The third-order valence-corrected chi connectivity index (χ3v) is 3.67. The lowest BCUT2D eigenvalue weighted by Gasteiger charge is -1.97. The lowest BCUT2D eigenvalue weighted by Crippen LogP contribution is -2.00. The average Bonchev–Trinajstić information content (AvgIpc) is 3.07. The van der Waals surface area contributed by atoms with Crippen LogP contribution >= 0.6 is 11.3 Å². The van der Waals surface area contributed by atoms with Crippen LogP contribution < -0.4 is 5.73 Å². The third kappa shape index (κ3) is 2.51. The molecule has 0 saturated carbocycles. The van der Waals surface area contributed by atoms with Gasteiger partial charge in [-0.2, -0.15) is 4.98 Å². The van der Waals surface area contributed by atoms with Crippen molar-refractivity contribution in [1.29, 1.82) is 0 Å². The van der Waals surface area contributed by atoms with E-state index in [4.69, 9.17) is 15.0 Å². The molecule has 0 radical (unpaired) electrons. The van der Waals surface area contributed by atoms with E-state index < -0.39 is 0 Å². The van der Waals surface area contributed by atoms with E-state index in [0.717, 1.165) is 31.0 Å². The van der Waals surface area contributed by atoms with E-state index in [1.54, 1.807) is 0 Å². The summed E-state index contributed by atoms with van der Waals surface area (Å²) in [6.45, 7) is 1.48. The molecule has 7 heteroatoms. The van der Waals surface area contributed by atoms with Crippen molar-refractivity contribution >= 4 is 16.5 Å². The normalized spacial score (nSPS) is 19.4. The van der Waals surface area contributed by atoms with Crippen LogP contribution in [0.4, 0.5) is 5.13 Å². The Hall–Kier alpha value is -1.47. The van der Waals surface area contributed by atoms with Gasteiger partial charge < -0.3 is 15.0 Å². The lowest BCUT2D eigenvalue weighted by atomic mass is 10.1. The van der Waals surface area contributed by atoms with Crippen LogP contribution in [0, 0.1) is 0 Å². The van der Waals surface area contributed by atoms with Gasteiger partial charge in [-0.1, -0.05) is 5.16 Å². The molecule has 0 aromatic carbocycles. The highest BCUT2D eigenvalue weighted by molar-refractivity contribution is 7.13. The summed E-state index contributed by atoms with van der Waals surface area (Å²) in [5.41, 5.74) is 6.55. The predicted octanol–water partition coefficient (Wildman–Crippen LogP) is 1.40. The molecule has 2 N–H and O–H groups in total. The molecule has 3 rings (SSSR count). The van der Waals surface area contributed by atoms with Crippen LogP contribution in [0.1, 0.15) is 29.7 Å². The number of ether oxygens (including phenoxy) is 1. The van der Waals surface area contributed by atoms with E-state index in [9.17, 15) is 0 Å². The first-order valence-corrected chi connectivity index (χ1v) is 6.79. The van der Waals surface area contributed by atoms with Crippen LogP contribution in [-0.4, -0.2) is 28.3 Å². The van der Waals surface area contributed by atoms with Gasteiger partial charge in [0.2, 0.25) is 5.89 Å². The summed E-state index contributed by atoms with van der Waals surface area (Å²) in [7, 11) is 0. The van der Waals surface area contributed by atoms with Gasteiger partial charge in [-0.05, 0) is 12.8 Å². The maximum absolute atomic E-state index is 5.58. The van der Waals surface area contributed by atoms with Gasteiger partial charge in [0.1, 0.15) is 0 Å². The van der Waals surface area contributed by atoms with Crippen molar-refractivity contribution in [3.8, 4) is 0 Å². The molecule has 1 saturated heterocycles. The maximum Gasteiger partial charge on any atom is 0.227 e. The van der Waals surface area contributed by atoms with Crippen molar-refractivity contribution in [3.05, 3.63) is 22.8 Å². The number of anilines is 1. The quantitative estimate of drug-likeness (QED) is 0.900. The molecule has 0 bridgehead atoms. The van der Waals surface area contributed by atoms with E-state index in [1.165, 1.54) is 11.3 Å². The standard InChI is InChI=1S/C11H14N4O2S/c12-11-13-8(6-18-11)1-2-9-14-10(15-17-9)7-3-4-16-5-7/h6-7H,1-5H2,(H2,12,13)/t7-/m1/s1. The fourth-order valence-corrected chi connectivity index (χ4v) is 2.54. The van der Waals surface area contributed by atoms with Gasteiger partial charge in [0.05, 0.1) is 12.3 Å². The summed E-state index contributed by atoms with van der Waals surface area (Å²) in [5, 5.41) is 6.56. The van der Waals surface area contributed by atoms with Gasteiger partial charge in [-0.3, -0.25) is 0 Å². The monoisotopic (exact) mass is 266 g/mol. The molecule has 0 aliphatic carbocycles. The van der Waals surface area contributed by atoms with Crippen LogP contribution in [0.2, 0.25) is 0 Å². The van der Waals surface area contributed by atoms with Crippen molar-refractivity contribution < 1.29 is 9.26 Å². The minimum absolute atomic E-state index is 0.289. The van der Waals surface area contributed by atoms with Crippen molar-refractivity contribution in [2.45, 2.75) is 25.2 Å². The van der Waals surface area contributed by atoms with Crippen molar-refractivity contribution in [2.75, 3.05) is 18.9 Å². The molecular formula is C11H14N4O2S. The molecule has 96 valence electrons. The fraction of sp³-hybridized carbons (Fsp3) is 0.545. The number of nitrogens with zero attached hydrogens (tertiary/aromatic N) is 3. The number of rotatable bonds is 4. The van der Waals surface area contributed by atoms with Gasteiger partial charge in [0, 0.05) is 24.3 Å². The summed E-state index contributed by atoms with van der Waals surface area (Å²) in [6.07, 6.45) is 2.45. The number of thiazole rings is 1. The maximum atomic E-state index is 5.58. The van der Waals surface area contributed by atoms with E-state index in [-0.39, 0.29) is 5.92 Å². The Bertz CT molecular complexity index is 519. The van der Waals surface area contributed by atoms with E-state index >= 15 is 0 Å². The van der Waals surface area contributed by atoms with E-state index in [0.29, 0.717) is 24.0 Å². The summed E-state index contributed by atoms with van der Waals surface area (Å²) in [4.78, 5) is 8.60. The van der Waals surface area contributed by atoms with Gasteiger partial charge in [-0.25, -0.2) is 4.98 Å². The first-order chi connectivity index (χ1) is 8.81. The summed E-state index contributed by atoms with van der Waals surface area (Å²) >= 11 is 1.45. The second-order valence-corrected chi connectivity index (χ2v) is 5.17. The zero-order chi connectivity index (χ0) is 12.4. The molecule has 0 amide bonds. The zero-order valence-corrected chi connectivity index (χ0v) is 10.7. The number of hydrogen-bond acceptors (Lipinski definition) is 7. The Morgan fingerprint density at radius 3 is 3.06 bits per heavy atom. The summed E-state index contributed by atoms with van der Waals surface area (Å²) in [6, 6.07) is 0. The molecule has 2 aromatic rings. The molecule has 3 heterocycles. The van der Waals surface area contributed by atoms with Crippen LogP contribution in [0.25, 0.3) is 0 Å². The number of aromatic nitrogens is 3. The van der Waals surface area contributed by atoms with Crippen LogP contribution in [0.15, 0.2) is 9.90 Å². The Balaban J connectivity index is 1.59. The van der Waals surface area contributed by atoms with Crippen molar-refractivity contribution in [1.82, 2.24) is 15.1 Å².